The highest BCUT2D eigenvalue weighted by Gasteiger charge is 2.27. The number of rotatable bonds is 7. The minimum atomic E-state index is -3.60. The Hall–Kier alpha value is -2.78. The van der Waals surface area contributed by atoms with Gasteiger partial charge in [0.15, 0.2) is 11.5 Å². The van der Waals surface area contributed by atoms with Crippen molar-refractivity contribution in [2.45, 2.75) is 17.7 Å². The second-order valence-corrected chi connectivity index (χ2v) is 8.45. The third-order valence-electron chi connectivity index (χ3n) is 4.72. The standard InChI is InChI=1S/C20H24N2O6S/c1-26-17-12-15(13-18(27-2)19(17)28-3)21-20(23)14-7-6-8-16(11-14)29(24,25)22-9-4-5-10-22/h6-8,11-13H,4-5,9-10H2,1-3H3,(H,21,23). The Morgan fingerprint density at radius 3 is 2.14 bits per heavy atom. The molecule has 1 aliphatic heterocycles. The Morgan fingerprint density at radius 2 is 1.59 bits per heavy atom. The van der Waals surface area contributed by atoms with Gasteiger partial charge in [-0.15, -0.1) is 0 Å². The van der Waals surface area contributed by atoms with Gasteiger partial charge in [0, 0.05) is 36.5 Å². The van der Waals surface area contributed by atoms with E-state index in [1.54, 1.807) is 24.3 Å². The molecule has 0 radical (unpaired) electrons. The molecule has 0 bridgehead atoms. The average molecular weight is 420 g/mol. The zero-order valence-electron chi connectivity index (χ0n) is 16.6. The van der Waals surface area contributed by atoms with E-state index in [1.807, 2.05) is 0 Å². The maximum Gasteiger partial charge on any atom is 0.255 e. The normalized spacial score (nSPS) is 14.4. The van der Waals surface area contributed by atoms with Crippen molar-refractivity contribution < 1.29 is 27.4 Å². The van der Waals surface area contributed by atoms with Gasteiger partial charge in [0.05, 0.1) is 26.2 Å². The molecule has 29 heavy (non-hydrogen) atoms. The van der Waals surface area contributed by atoms with Crippen LogP contribution in [0, 0.1) is 0 Å². The number of carbonyl (C=O) groups is 1. The average Bonchev–Trinajstić information content (AvgIpc) is 3.28. The van der Waals surface area contributed by atoms with Gasteiger partial charge in [0.2, 0.25) is 15.8 Å². The van der Waals surface area contributed by atoms with Crippen molar-refractivity contribution in [1.29, 1.82) is 0 Å². The van der Waals surface area contributed by atoms with Crippen LogP contribution in [-0.2, 0) is 10.0 Å². The van der Waals surface area contributed by atoms with Gasteiger partial charge in [-0.25, -0.2) is 8.42 Å². The minimum absolute atomic E-state index is 0.108. The van der Waals surface area contributed by atoms with E-state index in [-0.39, 0.29) is 10.5 Å². The number of anilines is 1. The maximum absolute atomic E-state index is 12.8. The fraction of sp³-hybridized carbons (Fsp3) is 0.350. The molecular formula is C20H24N2O6S. The summed E-state index contributed by atoms with van der Waals surface area (Å²) in [5, 5.41) is 2.74. The number of benzene rings is 2. The van der Waals surface area contributed by atoms with Crippen molar-refractivity contribution in [2.24, 2.45) is 0 Å². The molecule has 1 amide bonds. The van der Waals surface area contributed by atoms with Crippen LogP contribution in [0.3, 0.4) is 0 Å². The van der Waals surface area contributed by atoms with Gasteiger partial charge in [0.1, 0.15) is 0 Å². The molecule has 0 aromatic heterocycles. The fourth-order valence-electron chi connectivity index (χ4n) is 3.23. The first-order valence-electron chi connectivity index (χ1n) is 9.12. The highest BCUT2D eigenvalue weighted by atomic mass is 32.2. The van der Waals surface area contributed by atoms with Gasteiger partial charge in [0.25, 0.3) is 5.91 Å². The van der Waals surface area contributed by atoms with Crippen molar-refractivity contribution >= 4 is 21.6 Å². The summed E-state index contributed by atoms with van der Waals surface area (Å²) in [5.74, 6) is 0.754. The van der Waals surface area contributed by atoms with Crippen LogP contribution < -0.4 is 19.5 Å². The molecule has 8 nitrogen and oxygen atoms in total. The van der Waals surface area contributed by atoms with E-state index in [0.29, 0.717) is 36.0 Å². The number of sulfonamides is 1. The SMILES string of the molecule is COc1cc(NC(=O)c2cccc(S(=O)(=O)N3CCCC3)c2)cc(OC)c1OC. The van der Waals surface area contributed by atoms with Crippen molar-refractivity contribution in [3.8, 4) is 17.2 Å². The van der Waals surface area contributed by atoms with E-state index >= 15 is 0 Å². The number of carbonyl (C=O) groups excluding carboxylic acids is 1. The summed E-state index contributed by atoms with van der Waals surface area (Å²) < 4.78 is 42.8. The van der Waals surface area contributed by atoms with Crippen LogP contribution in [0.25, 0.3) is 0 Å². The third-order valence-corrected chi connectivity index (χ3v) is 6.62. The maximum atomic E-state index is 12.8. The number of ether oxygens (including phenoxy) is 3. The van der Waals surface area contributed by atoms with Crippen LogP contribution in [0.5, 0.6) is 17.2 Å². The largest absolute Gasteiger partial charge is 0.493 e. The Balaban J connectivity index is 1.87. The molecule has 0 spiro atoms. The Bertz CT molecular complexity index is 975. The number of hydrogen-bond donors (Lipinski definition) is 1. The molecular weight excluding hydrogens is 396 g/mol. The number of hydrogen-bond acceptors (Lipinski definition) is 6. The van der Waals surface area contributed by atoms with Gasteiger partial charge in [-0.2, -0.15) is 4.31 Å². The summed E-state index contributed by atoms with van der Waals surface area (Å²) in [4.78, 5) is 12.8. The zero-order valence-corrected chi connectivity index (χ0v) is 17.4. The Kier molecular flexibility index (Phi) is 6.29. The van der Waals surface area contributed by atoms with E-state index < -0.39 is 15.9 Å². The molecule has 1 fully saturated rings. The molecule has 1 heterocycles. The van der Waals surface area contributed by atoms with Crippen LogP contribution in [0.2, 0.25) is 0 Å². The lowest BCUT2D eigenvalue weighted by Gasteiger charge is -2.16. The smallest absolute Gasteiger partial charge is 0.255 e. The predicted molar refractivity (Wildman–Crippen MR) is 108 cm³/mol. The zero-order chi connectivity index (χ0) is 21.0. The van der Waals surface area contributed by atoms with Crippen LogP contribution >= 0.6 is 0 Å². The molecule has 2 aromatic carbocycles. The fourth-order valence-corrected chi connectivity index (χ4v) is 4.80. The van der Waals surface area contributed by atoms with Gasteiger partial charge in [-0.05, 0) is 31.0 Å². The molecule has 1 N–H and O–H groups in total. The van der Waals surface area contributed by atoms with E-state index in [0.717, 1.165) is 12.8 Å². The second kappa shape index (κ2) is 8.71. The molecule has 1 aliphatic rings. The highest BCUT2D eigenvalue weighted by molar-refractivity contribution is 7.89. The van der Waals surface area contributed by atoms with Crippen LogP contribution in [0.4, 0.5) is 5.69 Å². The predicted octanol–water partition coefficient (Wildman–Crippen LogP) is 2.75. The number of amides is 1. The van der Waals surface area contributed by atoms with Gasteiger partial charge in [-0.1, -0.05) is 6.07 Å². The third kappa shape index (κ3) is 4.30. The number of methoxy groups -OCH3 is 3. The minimum Gasteiger partial charge on any atom is -0.493 e. The van der Waals surface area contributed by atoms with Gasteiger partial charge < -0.3 is 19.5 Å². The lowest BCUT2D eigenvalue weighted by atomic mass is 10.2. The van der Waals surface area contributed by atoms with Crippen molar-refractivity contribution in [2.75, 3.05) is 39.7 Å². The molecule has 0 atom stereocenters. The monoisotopic (exact) mass is 420 g/mol. The molecule has 1 saturated heterocycles. The highest BCUT2D eigenvalue weighted by Crippen LogP contribution is 2.40. The van der Waals surface area contributed by atoms with E-state index in [1.165, 1.54) is 37.8 Å². The topological polar surface area (TPSA) is 94.2 Å². The van der Waals surface area contributed by atoms with Crippen LogP contribution in [-0.4, -0.2) is 53.0 Å². The lowest BCUT2D eigenvalue weighted by Crippen LogP contribution is -2.28. The first kappa shape index (κ1) is 20.9. The molecule has 2 aromatic rings. The summed E-state index contributed by atoms with van der Waals surface area (Å²) in [6, 6.07) is 9.22. The number of nitrogens with zero attached hydrogens (tertiary/aromatic N) is 1. The summed E-state index contributed by atoms with van der Waals surface area (Å²) in [5.41, 5.74) is 0.663. The van der Waals surface area contributed by atoms with E-state index in [9.17, 15) is 13.2 Å². The van der Waals surface area contributed by atoms with Crippen LogP contribution in [0.15, 0.2) is 41.3 Å². The summed E-state index contributed by atoms with van der Waals surface area (Å²) in [6.45, 7) is 1.01. The Morgan fingerprint density at radius 1 is 0.966 bits per heavy atom. The molecule has 156 valence electrons. The summed E-state index contributed by atoms with van der Waals surface area (Å²) in [7, 11) is 0.853. The van der Waals surface area contributed by atoms with E-state index in [4.69, 9.17) is 14.2 Å². The second-order valence-electron chi connectivity index (χ2n) is 6.51. The lowest BCUT2D eigenvalue weighted by molar-refractivity contribution is 0.102. The Labute approximate surface area is 170 Å². The van der Waals surface area contributed by atoms with Crippen molar-refractivity contribution in [3.63, 3.8) is 0 Å². The first-order chi connectivity index (χ1) is 13.9. The summed E-state index contributed by atoms with van der Waals surface area (Å²) >= 11 is 0. The molecule has 0 saturated carbocycles. The van der Waals surface area contributed by atoms with Gasteiger partial charge in [-0.3, -0.25) is 4.79 Å². The molecule has 9 heteroatoms. The number of nitrogens with one attached hydrogen (secondary N) is 1. The van der Waals surface area contributed by atoms with E-state index in [2.05, 4.69) is 5.32 Å². The van der Waals surface area contributed by atoms with Crippen LogP contribution in [0.1, 0.15) is 23.2 Å². The molecule has 0 aliphatic carbocycles. The molecule has 0 unspecified atom stereocenters. The molecule has 3 rings (SSSR count). The summed E-state index contributed by atoms with van der Waals surface area (Å²) in [6.07, 6.45) is 1.70. The van der Waals surface area contributed by atoms with Gasteiger partial charge >= 0.3 is 0 Å². The quantitative estimate of drug-likeness (QED) is 0.740. The van der Waals surface area contributed by atoms with Crippen molar-refractivity contribution in [1.82, 2.24) is 4.31 Å². The first-order valence-corrected chi connectivity index (χ1v) is 10.6. The van der Waals surface area contributed by atoms with Crippen molar-refractivity contribution in [3.05, 3.63) is 42.0 Å².